The van der Waals surface area contributed by atoms with Crippen LogP contribution >= 0.6 is 0 Å². The Balaban J connectivity index is 2.35. The minimum atomic E-state index is -0.969. The number of nitrogens with zero attached hydrogens (tertiary/aromatic N) is 2. The molecule has 0 aromatic carbocycles. The lowest BCUT2D eigenvalue weighted by Gasteiger charge is -2.23. The average molecular weight is 174 g/mol. The van der Waals surface area contributed by atoms with Crippen molar-refractivity contribution in [3.63, 3.8) is 0 Å². The van der Waals surface area contributed by atoms with Crippen LogP contribution in [0.5, 0.6) is 0 Å². The number of hydrogen-bond donors (Lipinski definition) is 1. The fourth-order valence-corrected chi connectivity index (χ4v) is 1.30. The summed E-state index contributed by atoms with van der Waals surface area (Å²) >= 11 is 0. The first kappa shape index (κ1) is 8.13. The van der Waals surface area contributed by atoms with E-state index in [1.165, 1.54) is 0 Å². The van der Waals surface area contributed by atoms with Gasteiger partial charge in [-0.25, -0.2) is 0 Å². The van der Waals surface area contributed by atoms with Crippen LogP contribution in [0.3, 0.4) is 0 Å². The molecule has 3 heteroatoms. The van der Waals surface area contributed by atoms with Crippen molar-refractivity contribution >= 4 is 6.21 Å². The van der Waals surface area contributed by atoms with Gasteiger partial charge in [0.2, 0.25) is 0 Å². The summed E-state index contributed by atoms with van der Waals surface area (Å²) in [5, 5.41) is 10.1. The van der Waals surface area contributed by atoms with Crippen molar-refractivity contribution in [3.8, 4) is 0 Å². The van der Waals surface area contributed by atoms with Crippen molar-refractivity contribution in [1.82, 2.24) is 4.98 Å². The van der Waals surface area contributed by atoms with Crippen LogP contribution in [0.2, 0.25) is 0 Å². The van der Waals surface area contributed by atoms with Gasteiger partial charge in [-0.1, -0.05) is 6.07 Å². The quantitative estimate of drug-likeness (QED) is 0.696. The van der Waals surface area contributed by atoms with Gasteiger partial charge in [0, 0.05) is 25.0 Å². The summed E-state index contributed by atoms with van der Waals surface area (Å²) in [6.45, 7) is 0. The molecule has 0 bridgehead atoms. The van der Waals surface area contributed by atoms with E-state index in [-0.39, 0.29) is 0 Å². The van der Waals surface area contributed by atoms with Gasteiger partial charge in [-0.3, -0.25) is 9.98 Å². The van der Waals surface area contributed by atoms with E-state index in [0.717, 1.165) is 0 Å². The topological polar surface area (TPSA) is 45.5 Å². The van der Waals surface area contributed by atoms with Gasteiger partial charge in [-0.15, -0.1) is 0 Å². The van der Waals surface area contributed by atoms with Gasteiger partial charge in [0.05, 0.1) is 5.69 Å². The van der Waals surface area contributed by atoms with Gasteiger partial charge in [-0.2, -0.15) is 0 Å². The van der Waals surface area contributed by atoms with Crippen LogP contribution in [-0.4, -0.2) is 16.3 Å². The van der Waals surface area contributed by atoms with Gasteiger partial charge in [0.25, 0.3) is 0 Å². The van der Waals surface area contributed by atoms with E-state index in [1.807, 2.05) is 18.2 Å². The van der Waals surface area contributed by atoms with E-state index in [0.29, 0.717) is 12.1 Å². The van der Waals surface area contributed by atoms with Gasteiger partial charge in [-0.05, 0) is 18.2 Å². The van der Waals surface area contributed by atoms with Crippen LogP contribution in [-0.2, 0) is 5.60 Å². The van der Waals surface area contributed by atoms with Crippen LogP contribution in [0.4, 0.5) is 0 Å². The summed E-state index contributed by atoms with van der Waals surface area (Å²) in [6, 6.07) is 5.50. The predicted molar refractivity (Wildman–Crippen MR) is 50.4 cm³/mol. The second kappa shape index (κ2) is 3.11. The molecule has 1 aliphatic rings. The smallest absolute Gasteiger partial charge is 0.131 e. The second-order valence-corrected chi connectivity index (χ2v) is 2.99. The summed E-state index contributed by atoms with van der Waals surface area (Å²) in [5.41, 5.74) is -0.305. The molecule has 1 aromatic heterocycles. The second-order valence-electron chi connectivity index (χ2n) is 2.99. The molecule has 0 amide bonds. The monoisotopic (exact) mass is 174 g/mol. The number of aliphatic imine (C=N–C) groups is 1. The maximum absolute atomic E-state index is 10.1. The lowest BCUT2D eigenvalue weighted by molar-refractivity contribution is 0.0926. The first-order valence-corrected chi connectivity index (χ1v) is 4.14. The Morgan fingerprint density at radius 3 is 2.92 bits per heavy atom. The minimum Gasteiger partial charge on any atom is -0.379 e. The molecule has 1 atom stereocenters. The lowest BCUT2D eigenvalue weighted by atomic mass is 9.94. The molecular formula is C10H10N2O. The molecule has 0 aliphatic carbocycles. The lowest BCUT2D eigenvalue weighted by Crippen LogP contribution is -2.25. The van der Waals surface area contributed by atoms with Crippen molar-refractivity contribution in [2.45, 2.75) is 12.0 Å². The highest BCUT2D eigenvalue weighted by Gasteiger charge is 2.27. The third-order valence-electron chi connectivity index (χ3n) is 2.05. The van der Waals surface area contributed by atoms with E-state index in [1.54, 1.807) is 24.7 Å². The third kappa shape index (κ3) is 1.51. The van der Waals surface area contributed by atoms with Crippen LogP contribution in [0.1, 0.15) is 12.1 Å². The molecule has 1 N–H and O–H groups in total. The summed E-state index contributed by atoms with van der Waals surface area (Å²) in [7, 11) is 0. The van der Waals surface area contributed by atoms with Crippen LogP contribution < -0.4 is 0 Å². The van der Waals surface area contributed by atoms with Crippen molar-refractivity contribution in [3.05, 3.63) is 42.4 Å². The predicted octanol–water partition coefficient (Wildman–Crippen LogP) is 1.26. The Kier molecular flexibility index (Phi) is 1.94. The molecule has 66 valence electrons. The molecule has 0 saturated carbocycles. The highest BCUT2D eigenvalue weighted by molar-refractivity contribution is 5.62. The molecule has 2 rings (SSSR count). The van der Waals surface area contributed by atoms with Crippen molar-refractivity contribution in [2.24, 2.45) is 4.99 Å². The Labute approximate surface area is 76.5 Å². The maximum atomic E-state index is 10.1. The highest BCUT2D eigenvalue weighted by Crippen LogP contribution is 2.25. The number of rotatable bonds is 1. The molecule has 3 nitrogen and oxygen atoms in total. The highest BCUT2D eigenvalue weighted by atomic mass is 16.3. The Morgan fingerprint density at radius 1 is 1.38 bits per heavy atom. The number of aliphatic hydroxyl groups is 1. The van der Waals surface area contributed by atoms with Crippen molar-refractivity contribution in [1.29, 1.82) is 0 Å². The molecule has 1 unspecified atom stereocenters. The summed E-state index contributed by atoms with van der Waals surface area (Å²) < 4.78 is 0. The minimum absolute atomic E-state index is 0.487. The van der Waals surface area contributed by atoms with E-state index < -0.39 is 5.60 Å². The first-order chi connectivity index (χ1) is 6.31. The van der Waals surface area contributed by atoms with E-state index >= 15 is 0 Å². The number of aromatic nitrogens is 1. The van der Waals surface area contributed by atoms with Crippen LogP contribution in [0, 0.1) is 0 Å². The normalized spacial score (nSPS) is 26.2. The zero-order valence-electron chi connectivity index (χ0n) is 7.09. The zero-order chi connectivity index (χ0) is 9.15. The van der Waals surface area contributed by atoms with E-state index in [2.05, 4.69) is 9.98 Å². The summed E-state index contributed by atoms with van der Waals surface area (Å²) in [6.07, 6.45) is 7.11. The zero-order valence-corrected chi connectivity index (χ0v) is 7.09. The van der Waals surface area contributed by atoms with Gasteiger partial charge in [0.1, 0.15) is 5.60 Å². The van der Waals surface area contributed by atoms with Gasteiger partial charge >= 0.3 is 0 Å². The van der Waals surface area contributed by atoms with Gasteiger partial charge < -0.3 is 5.11 Å². The fourth-order valence-electron chi connectivity index (χ4n) is 1.30. The Bertz CT molecular complexity index is 345. The van der Waals surface area contributed by atoms with E-state index in [4.69, 9.17) is 0 Å². The van der Waals surface area contributed by atoms with E-state index in [9.17, 15) is 5.11 Å². The van der Waals surface area contributed by atoms with Crippen LogP contribution in [0.25, 0.3) is 0 Å². The Morgan fingerprint density at radius 2 is 2.31 bits per heavy atom. The molecule has 0 radical (unpaired) electrons. The Hall–Kier alpha value is -1.48. The van der Waals surface area contributed by atoms with Crippen molar-refractivity contribution < 1.29 is 5.11 Å². The van der Waals surface area contributed by atoms with Gasteiger partial charge in [0.15, 0.2) is 0 Å². The SMILES string of the molecule is OC1(c2ccccn2)C=CN=CC1. The molecule has 2 heterocycles. The molecular weight excluding hydrogens is 164 g/mol. The fraction of sp³-hybridized carbons (Fsp3) is 0.200. The summed E-state index contributed by atoms with van der Waals surface area (Å²) in [5.74, 6) is 0. The third-order valence-corrected chi connectivity index (χ3v) is 2.05. The standard InChI is InChI=1S/C10H10N2O/c13-10(4-7-11-8-5-10)9-3-1-2-6-12-9/h1-4,6-8,13H,5H2. The summed E-state index contributed by atoms with van der Waals surface area (Å²) in [4.78, 5) is 8.02. The molecule has 0 spiro atoms. The molecule has 13 heavy (non-hydrogen) atoms. The molecule has 0 fully saturated rings. The maximum Gasteiger partial charge on any atom is 0.131 e. The number of hydrogen-bond acceptors (Lipinski definition) is 3. The van der Waals surface area contributed by atoms with Crippen LogP contribution in [0.15, 0.2) is 41.7 Å². The molecule has 1 aromatic rings. The first-order valence-electron chi connectivity index (χ1n) is 4.14. The average Bonchev–Trinajstić information content (AvgIpc) is 2.20. The molecule has 1 aliphatic heterocycles. The number of pyridine rings is 1. The largest absolute Gasteiger partial charge is 0.379 e. The van der Waals surface area contributed by atoms with Crippen molar-refractivity contribution in [2.75, 3.05) is 0 Å². The molecule has 0 saturated heterocycles.